The molecule has 3 aromatic rings. The summed E-state index contributed by atoms with van der Waals surface area (Å²) >= 11 is 0. The lowest BCUT2D eigenvalue weighted by Crippen LogP contribution is -2.47. The van der Waals surface area contributed by atoms with Crippen LogP contribution in [0.25, 0.3) is 11.0 Å². The van der Waals surface area contributed by atoms with E-state index >= 15 is 0 Å². The maximum atomic E-state index is 12.6. The average molecular weight is 482 g/mol. The van der Waals surface area contributed by atoms with E-state index in [-0.39, 0.29) is 6.61 Å². The smallest absolute Gasteiger partial charge is 0.336 e. The Balaban J connectivity index is 1.30. The fourth-order valence-corrected chi connectivity index (χ4v) is 3.78. The topological polar surface area (TPSA) is 130 Å². The van der Waals surface area contributed by atoms with Crippen LogP contribution in [0.15, 0.2) is 57.7 Å². The quantitative estimate of drug-likeness (QED) is 0.412. The normalized spacial score (nSPS) is 14.4. The summed E-state index contributed by atoms with van der Waals surface area (Å²) in [6.45, 7) is 3.79. The molecule has 184 valence electrons. The molecule has 1 aliphatic heterocycles. The highest BCUT2D eigenvalue weighted by Crippen LogP contribution is 2.22. The zero-order valence-corrected chi connectivity index (χ0v) is 19.3. The van der Waals surface area contributed by atoms with Gasteiger partial charge in [-0.15, -0.1) is 0 Å². The number of aliphatic hydroxyl groups excluding tert-OH is 1. The minimum Gasteiger partial charge on any atom is -0.484 e. The van der Waals surface area contributed by atoms with E-state index in [0.717, 1.165) is 29.7 Å². The van der Waals surface area contributed by atoms with Crippen LogP contribution >= 0.6 is 0 Å². The Labute approximate surface area is 201 Å². The fraction of sp³-hybridized carbons (Fsp3) is 0.320. The maximum absolute atomic E-state index is 12.6. The van der Waals surface area contributed by atoms with Gasteiger partial charge in [0.2, 0.25) is 5.91 Å². The van der Waals surface area contributed by atoms with Crippen molar-refractivity contribution < 1.29 is 28.6 Å². The average Bonchev–Trinajstić information content (AvgIpc) is 2.86. The molecule has 1 aromatic heterocycles. The molecule has 2 aromatic carbocycles. The number of ether oxygens (including phenoxy) is 2. The van der Waals surface area contributed by atoms with Gasteiger partial charge >= 0.3 is 5.63 Å². The molecule has 35 heavy (non-hydrogen) atoms. The van der Waals surface area contributed by atoms with Crippen LogP contribution in [-0.2, 0) is 14.3 Å². The fourth-order valence-electron chi connectivity index (χ4n) is 3.78. The molecular formula is C25H27N3O7. The molecule has 3 N–H and O–H groups in total. The number of anilines is 2. The predicted molar refractivity (Wildman–Crippen MR) is 130 cm³/mol. The van der Waals surface area contributed by atoms with Crippen molar-refractivity contribution in [1.82, 2.24) is 5.32 Å². The first kappa shape index (κ1) is 24.2. The van der Waals surface area contributed by atoms with Gasteiger partial charge in [-0.25, -0.2) is 4.79 Å². The second-order valence-corrected chi connectivity index (χ2v) is 8.13. The number of carbonyl (C=O) groups is 2. The van der Waals surface area contributed by atoms with Gasteiger partial charge in [-0.05, 0) is 48.9 Å². The van der Waals surface area contributed by atoms with Gasteiger partial charge in [0.15, 0.2) is 6.61 Å². The van der Waals surface area contributed by atoms with Crippen LogP contribution in [0.5, 0.6) is 5.75 Å². The van der Waals surface area contributed by atoms with Crippen molar-refractivity contribution in [2.45, 2.75) is 13.0 Å². The molecule has 0 bridgehead atoms. The standard InChI is InChI=1S/C25H27N3O7/c1-16-12-24(31)35-22-13-19(6-7-20(16)22)34-15-23(30)27-21(14-29)25(32)26-17-2-4-18(5-3-17)28-8-10-33-11-9-28/h2-7,12-13,21,29H,8-11,14-15H2,1H3,(H,26,32)(H,27,30). The van der Waals surface area contributed by atoms with Gasteiger partial charge in [-0.2, -0.15) is 0 Å². The summed E-state index contributed by atoms with van der Waals surface area (Å²) in [5, 5.41) is 15.5. The van der Waals surface area contributed by atoms with Gasteiger partial charge in [0, 0.05) is 42.0 Å². The van der Waals surface area contributed by atoms with Crippen molar-refractivity contribution >= 4 is 34.2 Å². The first-order valence-electron chi connectivity index (χ1n) is 11.2. The summed E-state index contributed by atoms with van der Waals surface area (Å²) in [5.74, 6) is -0.817. The molecule has 0 spiro atoms. The van der Waals surface area contributed by atoms with Crippen molar-refractivity contribution in [3.05, 3.63) is 64.5 Å². The van der Waals surface area contributed by atoms with E-state index in [1.54, 1.807) is 31.2 Å². The van der Waals surface area contributed by atoms with Crippen LogP contribution in [0.4, 0.5) is 11.4 Å². The lowest BCUT2D eigenvalue weighted by atomic mass is 10.1. The molecule has 0 saturated carbocycles. The first-order valence-corrected chi connectivity index (χ1v) is 11.2. The van der Waals surface area contributed by atoms with Gasteiger partial charge in [-0.1, -0.05) is 0 Å². The van der Waals surface area contributed by atoms with E-state index in [4.69, 9.17) is 13.9 Å². The highest BCUT2D eigenvalue weighted by Gasteiger charge is 2.21. The Morgan fingerprint density at radius 3 is 2.57 bits per heavy atom. The van der Waals surface area contributed by atoms with Crippen molar-refractivity contribution in [3.8, 4) is 5.75 Å². The third-order valence-corrected chi connectivity index (χ3v) is 5.64. The Morgan fingerprint density at radius 2 is 1.86 bits per heavy atom. The zero-order chi connectivity index (χ0) is 24.8. The lowest BCUT2D eigenvalue weighted by molar-refractivity contribution is -0.128. The van der Waals surface area contributed by atoms with Gasteiger partial charge in [0.05, 0.1) is 19.8 Å². The number of amides is 2. The number of nitrogens with one attached hydrogen (secondary N) is 2. The summed E-state index contributed by atoms with van der Waals surface area (Å²) in [6, 6.07) is 12.5. The SMILES string of the molecule is Cc1cc(=O)oc2cc(OCC(=O)NC(CO)C(=O)Nc3ccc(N4CCOCC4)cc3)ccc12. The summed E-state index contributed by atoms with van der Waals surface area (Å²) in [6.07, 6.45) is 0. The Hall–Kier alpha value is -3.89. The highest BCUT2D eigenvalue weighted by molar-refractivity contribution is 5.97. The summed E-state index contributed by atoms with van der Waals surface area (Å²) in [5.41, 5.74) is 2.22. The number of nitrogens with zero attached hydrogens (tertiary/aromatic N) is 1. The monoisotopic (exact) mass is 481 g/mol. The van der Waals surface area contributed by atoms with Crippen molar-refractivity contribution in [2.75, 3.05) is 49.7 Å². The molecule has 1 unspecified atom stereocenters. The minimum atomic E-state index is -1.15. The molecule has 1 saturated heterocycles. The van der Waals surface area contributed by atoms with E-state index in [1.807, 2.05) is 12.1 Å². The third-order valence-electron chi connectivity index (χ3n) is 5.64. The first-order chi connectivity index (χ1) is 16.9. The third kappa shape index (κ3) is 6.17. The van der Waals surface area contributed by atoms with Crippen molar-refractivity contribution in [1.29, 1.82) is 0 Å². The molecular weight excluding hydrogens is 454 g/mol. The van der Waals surface area contributed by atoms with Crippen molar-refractivity contribution in [2.24, 2.45) is 0 Å². The molecule has 2 heterocycles. The Morgan fingerprint density at radius 1 is 1.11 bits per heavy atom. The predicted octanol–water partition coefficient (Wildman–Crippen LogP) is 1.43. The van der Waals surface area contributed by atoms with E-state index in [2.05, 4.69) is 15.5 Å². The summed E-state index contributed by atoms with van der Waals surface area (Å²) in [4.78, 5) is 38.6. The van der Waals surface area contributed by atoms with Gasteiger partial charge in [0.1, 0.15) is 17.4 Å². The number of fused-ring (bicyclic) bond motifs is 1. The number of aliphatic hydroxyl groups is 1. The number of carbonyl (C=O) groups excluding carboxylic acids is 2. The van der Waals surface area contributed by atoms with Gasteiger partial charge in [0.25, 0.3) is 5.91 Å². The molecule has 10 nitrogen and oxygen atoms in total. The summed E-state index contributed by atoms with van der Waals surface area (Å²) < 4.78 is 16.0. The van der Waals surface area contributed by atoms with Crippen LogP contribution in [0.2, 0.25) is 0 Å². The molecule has 1 atom stereocenters. The van der Waals surface area contributed by atoms with Gasteiger partial charge < -0.3 is 34.5 Å². The lowest BCUT2D eigenvalue weighted by Gasteiger charge is -2.29. The van der Waals surface area contributed by atoms with E-state index in [0.29, 0.717) is 30.2 Å². The molecule has 1 fully saturated rings. The van der Waals surface area contributed by atoms with Crippen LogP contribution < -0.4 is 25.9 Å². The number of rotatable bonds is 8. The zero-order valence-electron chi connectivity index (χ0n) is 19.3. The number of hydrogen-bond donors (Lipinski definition) is 3. The molecule has 4 rings (SSSR count). The minimum absolute atomic E-state index is 0.326. The number of hydrogen-bond acceptors (Lipinski definition) is 8. The second kappa shape index (κ2) is 11.0. The van der Waals surface area contributed by atoms with E-state index < -0.39 is 30.1 Å². The van der Waals surface area contributed by atoms with Crippen LogP contribution in [-0.4, -0.2) is 62.5 Å². The van der Waals surface area contributed by atoms with Crippen LogP contribution in [0.3, 0.4) is 0 Å². The molecule has 0 aliphatic carbocycles. The number of aryl methyl sites for hydroxylation is 1. The molecule has 10 heteroatoms. The van der Waals surface area contributed by atoms with Crippen LogP contribution in [0, 0.1) is 6.92 Å². The van der Waals surface area contributed by atoms with Gasteiger partial charge in [-0.3, -0.25) is 9.59 Å². The number of morpholine rings is 1. The Bertz CT molecular complexity index is 1250. The van der Waals surface area contributed by atoms with Crippen LogP contribution in [0.1, 0.15) is 5.56 Å². The largest absolute Gasteiger partial charge is 0.484 e. The molecule has 2 amide bonds. The maximum Gasteiger partial charge on any atom is 0.336 e. The highest BCUT2D eigenvalue weighted by atomic mass is 16.5. The number of benzene rings is 2. The second-order valence-electron chi connectivity index (χ2n) is 8.13. The van der Waals surface area contributed by atoms with Crippen molar-refractivity contribution in [3.63, 3.8) is 0 Å². The van der Waals surface area contributed by atoms with E-state index in [9.17, 15) is 19.5 Å². The summed E-state index contributed by atoms with van der Waals surface area (Å²) in [7, 11) is 0. The Kier molecular flexibility index (Phi) is 7.64. The molecule has 1 aliphatic rings. The van der Waals surface area contributed by atoms with E-state index in [1.165, 1.54) is 12.1 Å². The molecule has 0 radical (unpaired) electrons.